The van der Waals surface area contributed by atoms with E-state index in [0.717, 1.165) is 12.3 Å². The predicted octanol–water partition coefficient (Wildman–Crippen LogP) is -0.460. The van der Waals surface area contributed by atoms with Crippen molar-refractivity contribution in [2.45, 2.75) is 5.03 Å². The van der Waals surface area contributed by atoms with E-state index in [1.165, 1.54) is 6.07 Å². The first kappa shape index (κ1) is 14.9. The average Bonchev–Trinajstić information content (AvgIpc) is 2.38. The summed E-state index contributed by atoms with van der Waals surface area (Å²) in [5.74, 6) is -0.981. The molecule has 8 nitrogen and oxygen atoms in total. The number of aromatic nitrogens is 1. The van der Waals surface area contributed by atoms with Crippen LogP contribution in [0.3, 0.4) is 0 Å². The fraction of sp³-hybridized carbons (Fsp3) is 0.400. The molecule has 0 unspecified atom stereocenters. The minimum absolute atomic E-state index is 0.144. The second kappa shape index (κ2) is 5.46. The van der Waals surface area contributed by atoms with Gasteiger partial charge in [-0.3, -0.25) is 0 Å². The van der Waals surface area contributed by atoms with Crippen molar-refractivity contribution in [3.05, 3.63) is 23.9 Å². The van der Waals surface area contributed by atoms with Crippen LogP contribution in [0.2, 0.25) is 0 Å². The lowest BCUT2D eigenvalue weighted by molar-refractivity contribution is 0.0696. The first-order valence-electron chi connectivity index (χ1n) is 5.71. The van der Waals surface area contributed by atoms with Crippen LogP contribution in [0.4, 0.5) is 0 Å². The molecule has 0 radical (unpaired) electrons. The number of pyridine rings is 1. The van der Waals surface area contributed by atoms with Gasteiger partial charge in [0.25, 0.3) is 0 Å². The van der Waals surface area contributed by atoms with Crippen LogP contribution in [0.15, 0.2) is 27.1 Å². The first-order valence-corrected chi connectivity index (χ1v) is 9.01. The Morgan fingerprint density at radius 2 is 2.05 bits per heavy atom. The van der Waals surface area contributed by atoms with Gasteiger partial charge in [-0.25, -0.2) is 14.0 Å². The Kier molecular flexibility index (Phi) is 4.06. The van der Waals surface area contributed by atoms with Crippen molar-refractivity contribution in [3.8, 4) is 0 Å². The summed E-state index contributed by atoms with van der Waals surface area (Å²) in [5, 5.41) is 11.3. The zero-order valence-electron chi connectivity index (χ0n) is 10.4. The number of nitrogens with zero attached hydrogens (tertiary/aromatic N) is 2. The molecule has 1 aliphatic heterocycles. The molecule has 2 heterocycles. The third-order valence-electron chi connectivity index (χ3n) is 2.68. The summed E-state index contributed by atoms with van der Waals surface area (Å²) in [4.78, 5) is 14.4. The number of hydrogen-bond donors (Lipinski definition) is 2. The number of carboxylic acid groups (broad SMARTS) is 1. The van der Waals surface area contributed by atoms with Gasteiger partial charge in [0.05, 0.1) is 15.3 Å². The molecule has 2 rings (SSSR count). The highest BCUT2D eigenvalue weighted by molar-refractivity contribution is 8.03. The molecule has 2 N–H and O–H groups in total. The molecule has 20 heavy (non-hydrogen) atoms. The highest BCUT2D eigenvalue weighted by Gasteiger charge is 2.22. The summed E-state index contributed by atoms with van der Waals surface area (Å²) in [6.07, 6.45) is 1.07. The van der Waals surface area contributed by atoms with Crippen molar-refractivity contribution in [2.75, 3.05) is 24.6 Å². The molecule has 0 bridgehead atoms. The van der Waals surface area contributed by atoms with Crippen LogP contribution >= 0.6 is 0 Å². The van der Waals surface area contributed by atoms with E-state index in [9.17, 15) is 17.4 Å². The Hall–Kier alpha value is -1.52. The van der Waals surface area contributed by atoms with Gasteiger partial charge in [-0.1, -0.05) is 0 Å². The highest BCUT2D eigenvalue weighted by atomic mass is 32.3. The van der Waals surface area contributed by atoms with Crippen molar-refractivity contribution in [2.24, 2.45) is 3.77 Å². The van der Waals surface area contributed by atoms with E-state index in [1.807, 2.05) is 0 Å². The highest BCUT2D eigenvalue weighted by Crippen LogP contribution is 2.15. The smallest absolute Gasteiger partial charge is 0.335 e. The summed E-state index contributed by atoms with van der Waals surface area (Å²) in [5.41, 5.74) is -0.214. The SMILES string of the molecule is O=C(O)c1ccnc(S(=O)(=O)N=S2(=O)CCNCC2)c1. The van der Waals surface area contributed by atoms with E-state index in [-0.39, 0.29) is 17.1 Å². The zero-order chi connectivity index (χ0) is 14.8. The van der Waals surface area contributed by atoms with Gasteiger partial charge in [0.2, 0.25) is 0 Å². The van der Waals surface area contributed by atoms with Gasteiger partial charge in [0.1, 0.15) is 0 Å². The van der Waals surface area contributed by atoms with Crippen LogP contribution in [-0.2, 0) is 19.8 Å². The van der Waals surface area contributed by atoms with Gasteiger partial charge in [-0.05, 0) is 12.1 Å². The minimum Gasteiger partial charge on any atom is -0.478 e. The summed E-state index contributed by atoms with van der Waals surface area (Å²) in [7, 11) is -7.07. The van der Waals surface area contributed by atoms with E-state index in [0.29, 0.717) is 13.1 Å². The number of nitrogens with one attached hydrogen (secondary N) is 1. The summed E-state index contributed by atoms with van der Waals surface area (Å²) in [6, 6.07) is 2.08. The molecule has 1 aliphatic rings. The second-order valence-corrected chi connectivity index (χ2v) is 8.49. The number of hydrogen-bond acceptors (Lipinski definition) is 6. The molecule has 0 saturated carbocycles. The molecule has 0 spiro atoms. The van der Waals surface area contributed by atoms with Gasteiger partial charge >= 0.3 is 16.0 Å². The Bertz CT molecular complexity index is 738. The molecule has 1 fully saturated rings. The molecule has 0 atom stereocenters. The van der Waals surface area contributed by atoms with Crippen molar-refractivity contribution in [3.63, 3.8) is 0 Å². The van der Waals surface area contributed by atoms with Crippen LogP contribution in [0.1, 0.15) is 10.4 Å². The Labute approximate surface area is 116 Å². The standard InChI is InChI=1S/C10H13N3O5S2/c14-10(15)8-1-2-12-9(7-8)20(17,18)13-19(16)5-3-11-4-6-19/h1-2,7,11H,3-6H2,(H,14,15). The summed E-state index contributed by atoms with van der Waals surface area (Å²) in [6.45, 7) is 0.862. The van der Waals surface area contributed by atoms with Crippen molar-refractivity contribution in [1.82, 2.24) is 10.3 Å². The lowest BCUT2D eigenvalue weighted by Gasteiger charge is -2.16. The number of aromatic carboxylic acids is 1. The van der Waals surface area contributed by atoms with Crippen molar-refractivity contribution < 1.29 is 22.5 Å². The Morgan fingerprint density at radius 3 is 2.65 bits per heavy atom. The second-order valence-electron chi connectivity index (χ2n) is 4.17. The van der Waals surface area contributed by atoms with Crippen molar-refractivity contribution in [1.29, 1.82) is 0 Å². The fourth-order valence-electron chi connectivity index (χ4n) is 1.67. The van der Waals surface area contributed by atoms with E-state index >= 15 is 0 Å². The largest absolute Gasteiger partial charge is 0.478 e. The number of sulfonamides is 1. The fourth-order valence-corrected chi connectivity index (χ4v) is 5.60. The topological polar surface area (TPSA) is 126 Å². The zero-order valence-corrected chi connectivity index (χ0v) is 12.0. The van der Waals surface area contributed by atoms with Crippen LogP contribution in [0.5, 0.6) is 0 Å². The third kappa shape index (κ3) is 3.32. The molecule has 0 amide bonds. The van der Waals surface area contributed by atoms with Gasteiger partial charge in [-0.15, -0.1) is 3.77 Å². The number of carbonyl (C=O) groups is 1. The van der Waals surface area contributed by atoms with Crippen LogP contribution in [-0.4, -0.2) is 53.3 Å². The van der Waals surface area contributed by atoms with Crippen LogP contribution in [0, 0.1) is 0 Å². The monoisotopic (exact) mass is 319 g/mol. The quantitative estimate of drug-likeness (QED) is 0.772. The molecule has 0 aromatic carbocycles. The Morgan fingerprint density at radius 1 is 1.40 bits per heavy atom. The van der Waals surface area contributed by atoms with Gasteiger partial charge < -0.3 is 10.4 Å². The third-order valence-corrected chi connectivity index (χ3v) is 6.98. The Balaban J connectivity index is 2.45. The molecule has 1 saturated heterocycles. The lowest BCUT2D eigenvalue weighted by atomic mass is 10.3. The average molecular weight is 319 g/mol. The molecular formula is C10H13N3O5S2. The maximum absolute atomic E-state index is 12.3. The first-order chi connectivity index (χ1) is 9.32. The van der Waals surface area contributed by atoms with Crippen LogP contribution in [0.25, 0.3) is 0 Å². The number of carboxylic acids is 1. The molecule has 10 heteroatoms. The predicted molar refractivity (Wildman–Crippen MR) is 71.6 cm³/mol. The molecule has 110 valence electrons. The summed E-state index contributed by atoms with van der Waals surface area (Å²) < 4.78 is 39.9. The molecule has 1 aromatic heterocycles. The van der Waals surface area contributed by atoms with Crippen molar-refractivity contribution >= 4 is 25.7 Å². The van der Waals surface area contributed by atoms with Crippen LogP contribution < -0.4 is 5.32 Å². The lowest BCUT2D eigenvalue weighted by Crippen LogP contribution is -2.36. The normalized spacial score (nSPS) is 18.4. The van der Waals surface area contributed by atoms with Gasteiger partial charge in [0.15, 0.2) is 5.03 Å². The maximum Gasteiger partial charge on any atom is 0.335 e. The number of rotatable bonds is 3. The minimum atomic E-state index is -4.23. The van der Waals surface area contributed by atoms with Gasteiger partial charge in [0, 0.05) is 30.8 Å². The van der Waals surface area contributed by atoms with E-state index < -0.39 is 30.7 Å². The molecule has 0 aliphatic carbocycles. The molecular weight excluding hydrogens is 306 g/mol. The van der Waals surface area contributed by atoms with E-state index in [4.69, 9.17) is 5.11 Å². The van der Waals surface area contributed by atoms with E-state index in [1.54, 1.807) is 0 Å². The van der Waals surface area contributed by atoms with Gasteiger partial charge in [-0.2, -0.15) is 8.42 Å². The summed E-state index contributed by atoms with van der Waals surface area (Å²) >= 11 is 0. The maximum atomic E-state index is 12.3. The van der Waals surface area contributed by atoms with E-state index in [2.05, 4.69) is 14.1 Å². The molecule has 1 aromatic rings.